The lowest BCUT2D eigenvalue weighted by atomic mass is 9.92. The minimum Gasteiger partial charge on any atom is -0.455 e. The van der Waals surface area contributed by atoms with Crippen LogP contribution in [0, 0.1) is 0 Å². The summed E-state index contributed by atoms with van der Waals surface area (Å²) >= 11 is 0. The molecule has 14 rings (SSSR count). The van der Waals surface area contributed by atoms with Crippen LogP contribution in [-0.2, 0) is 0 Å². The van der Waals surface area contributed by atoms with Crippen molar-refractivity contribution in [3.05, 3.63) is 243 Å². The van der Waals surface area contributed by atoms with Crippen LogP contribution >= 0.6 is 0 Å². The molecule has 0 amide bonds. The largest absolute Gasteiger partial charge is 0.455 e. The maximum atomic E-state index is 6.34. The van der Waals surface area contributed by atoms with E-state index < -0.39 is 0 Å². The summed E-state index contributed by atoms with van der Waals surface area (Å²) < 4.78 is 6.34. The molecule has 0 spiro atoms. The van der Waals surface area contributed by atoms with E-state index in [2.05, 4.69) is 224 Å². The van der Waals surface area contributed by atoms with Gasteiger partial charge in [-0.05, 0) is 119 Å². The average Bonchev–Trinajstić information content (AvgIpc) is 3.82. The summed E-state index contributed by atoms with van der Waals surface area (Å²) in [6, 6.07) is 85.1. The number of benzene rings is 12. The van der Waals surface area contributed by atoms with Gasteiger partial charge in [0.15, 0.2) is 0 Å². The zero-order chi connectivity index (χ0) is 45.4. The van der Waals surface area contributed by atoms with Crippen molar-refractivity contribution in [2.75, 3.05) is 0 Å². The predicted octanol–water partition coefficient (Wildman–Crippen LogP) is 18.1. The van der Waals surface area contributed by atoms with Crippen LogP contribution in [0.1, 0.15) is 0 Å². The number of para-hydroxylation sites is 2. The molecule has 0 aliphatic heterocycles. The first-order valence-corrected chi connectivity index (χ1v) is 23.5. The number of furan rings is 1. The Hall–Kier alpha value is -9.18. The van der Waals surface area contributed by atoms with E-state index in [4.69, 9.17) is 14.4 Å². The van der Waals surface area contributed by atoms with Gasteiger partial charge >= 0.3 is 0 Å². The molecule has 0 saturated heterocycles. The van der Waals surface area contributed by atoms with E-state index in [1.54, 1.807) is 0 Å². The minimum atomic E-state index is 0.839. The number of rotatable bonds is 6. The second kappa shape index (κ2) is 15.7. The van der Waals surface area contributed by atoms with Crippen LogP contribution < -0.4 is 0 Å². The Kier molecular flexibility index (Phi) is 8.90. The first-order chi connectivity index (χ1) is 34.1. The van der Waals surface area contributed by atoms with Crippen LogP contribution in [0.5, 0.6) is 0 Å². The third-order valence-electron chi connectivity index (χ3n) is 14.1. The molecule has 69 heavy (non-hydrogen) atoms. The zero-order valence-electron chi connectivity index (χ0n) is 37.4. The van der Waals surface area contributed by atoms with Gasteiger partial charge in [-0.1, -0.05) is 200 Å². The van der Waals surface area contributed by atoms with Gasteiger partial charge in [-0.3, -0.25) is 4.98 Å². The van der Waals surface area contributed by atoms with Crippen LogP contribution in [-0.4, -0.2) is 9.97 Å². The molecule has 0 radical (unpaired) electrons. The minimum absolute atomic E-state index is 0.839. The van der Waals surface area contributed by atoms with Gasteiger partial charge in [0.05, 0.1) is 22.9 Å². The van der Waals surface area contributed by atoms with E-state index in [1.807, 2.05) is 18.3 Å². The van der Waals surface area contributed by atoms with Crippen molar-refractivity contribution in [3.8, 4) is 66.9 Å². The van der Waals surface area contributed by atoms with Gasteiger partial charge in [-0.25, -0.2) is 4.98 Å². The highest BCUT2D eigenvalue weighted by Gasteiger charge is 2.17. The van der Waals surface area contributed by atoms with Gasteiger partial charge in [0.2, 0.25) is 0 Å². The van der Waals surface area contributed by atoms with E-state index in [1.165, 1.54) is 43.8 Å². The smallest absolute Gasteiger partial charge is 0.143 e. The Labute approximate surface area is 398 Å². The first kappa shape index (κ1) is 39.0. The summed E-state index contributed by atoms with van der Waals surface area (Å²) in [4.78, 5) is 10.7. The first-order valence-electron chi connectivity index (χ1n) is 23.5. The van der Waals surface area contributed by atoms with Crippen LogP contribution in [0.4, 0.5) is 0 Å². The molecule has 0 bridgehead atoms. The maximum Gasteiger partial charge on any atom is 0.143 e. The molecule has 0 aliphatic carbocycles. The Bertz CT molecular complexity index is 4360. The zero-order valence-corrected chi connectivity index (χ0v) is 37.4. The Balaban J connectivity index is 0.822. The van der Waals surface area contributed by atoms with Gasteiger partial charge in [0.1, 0.15) is 11.2 Å². The molecule has 0 N–H and O–H groups in total. The van der Waals surface area contributed by atoms with Crippen molar-refractivity contribution in [1.29, 1.82) is 0 Å². The molecule has 0 atom stereocenters. The predicted molar refractivity (Wildman–Crippen MR) is 289 cm³/mol. The number of aromatic nitrogens is 2. The highest BCUT2D eigenvalue weighted by molar-refractivity contribution is 6.24. The molecular formula is C66H40N2O. The number of hydrogen-bond acceptors (Lipinski definition) is 3. The highest BCUT2D eigenvalue weighted by atomic mass is 16.3. The summed E-state index contributed by atoms with van der Waals surface area (Å²) in [6.45, 7) is 0. The van der Waals surface area contributed by atoms with Crippen LogP contribution in [0.3, 0.4) is 0 Å². The quantitative estimate of drug-likeness (QED) is 0.156. The SMILES string of the molecule is c1cc(-c2ccc(-c3ccc(-c4cccc5c4oc4ccccc45)cc3)cc2)cc(-c2cnc3c4ccc(-c5ccc6ccccc6c5)cc4c4cc(-c5ccc6ccccc6c5)ccc4c3n2)c1. The monoisotopic (exact) mass is 876 g/mol. The van der Waals surface area contributed by atoms with E-state index in [0.717, 1.165) is 99.2 Å². The molecule has 12 aromatic carbocycles. The average molecular weight is 877 g/mol. The number of nitrogens with zero attached hydrogens (tertiary/aromatic N) is 2. The summed E-state index contributed by atoms with van der Waals surface area (Å²) in [5.74, 6) is 0. The standard InChI is InChI=1S/C66H40N2O/c1-3-11-47-35-50(29-25-41(47)9-1)52-31-33-57-60(38-52)61-39-53(51-30-26-42-10-2-4-12-48(42)36-51)32-34-58(61)65-64(57)67-40-62(68-65)54-14-7-13-49(37-54)45-21-19-43(20-22-45)44-23-27-46(28-24-44)55-16-8-17-59-56-15-5-6-18-63(56)69-66(55)59/h1-40H. The lowest BCUT2D eigenvalue weighted by molar-refractivity contribution is 0.670. The molecule has 0 unspecified atom stereocenters. The molecule has 320 valence electrons. The molecule has 0 saturated carbocycles. The second-order valence-electron chi connectivity index (χ2n) is 18.1. The summed E-state index contributed by atoms with van der Waals surface area (Å²) in [7, 11) is 0. The molecule has 3 heteroatoms. The molecule has 0 aliphatic rings. The summed E-state index contributed by atoms with van der Waals surface area (Å²) in [5.41, 5.74) is 17.0. The van der Waals surface area contributed by atoms with Crippen LogP contribution in [0.15, 0.2) is 247 Å². The fourth-order valence-corrected chi connectivity index (χ4v) is 10.5. The molecule has 3 nitrogen and oxygen atoms in total. The van der Waals surface area contributed by atoms with E-state index in [9.17, 15) is 0 Å². The Morgan fingerprint density at radius 3 is 1.42 bits per heavy atom. The topological polar surface area (TPSA) is 38.9 Å². The highest BCUT2D eigenvalue weighted by Crippen LogP contribution is 2.41. The number of fused-ring (bicyclic) bond motifs is 11. The Morgan fingerprint density at radius 1 is 0.275 bits per heavy atom. The Morgan fingerprint density at radius 2 is 0.754 bits per heavy atom. The van der Waals surface area contributed by atoms with Crippen molar-refractivity contribution in [2.45, 2.75) is 0 Å². The molecule has 0 fully saturated rings. The van der Waals surface area contributed by atoms with Crippen molar-refractivity contribution in [3.63, 3.8) is 0 Å². The molecule has 14 aromatic rings. The number of hydrogen-bond donors (Lipinski definition) is 0. The third-order valence-corrected chi connectivity index (χ3v) is 14.1. The van der Waals surface area contributed by atoms with Gasteiger partial charge < -0.3 is 4.42 Å². The lowest BCUT2D eigenvalue weighted by Crippen LogP contribution is -1.93. The van der Waals surface area contributed by atoms with Crippen molar-refractivity contribution < 1.29 is 4.42 Å². The van der Waals surface area contributed by atoms with Crippen molar-refractivity contribution >= 4 is 76.1 Å². The summed E-state index contributed by atoms with van der Waals surface area (Å²) in [6.07, 6.45) is 1.94. The van der Waals surface area contributed by atoms with E-state index in [-0.39, 0.29) is 0 Å². The van der Waals surface area contributed by atoms with Gasteiger partial charge in [-0.15, -0.1) is 0 Å². The van der Waals surface area contributed by atoms with Crippen molar-refractivity contribution in [1.82, 2.24) is 9.97 Å². The normalized spacial score (nSPS) is 11.8. The van der Waals surface area contributed by atoms with E-state index >= 15 is 0 Å². The van der Waals surface area contributed by atoms with Gasteiger partial charge in [-0.2, -0.15) is 0 Å². The van der Waals surface area contributed by atoms with Gasteiger partial charge in [0.25, 0.3) is 0 Å². The van der Waals surface area contributed by atoms with Crippen LogP contribution in [0.25, 0.3) is 143 Å². The van der Waals surface area contributed by atoms with Crippen LogP contribution in [0.2, 0.25) is 0 Å². The molecule has 2 heterocycles. The second-order valence-corrected chi connectivity index (χ2v) is 18.1. The molecule has 2 aromatic heterocycles. The fourth-order valence-electron chi connectivity index (χ4n) is 10.5. The van der Waals surface area contributed by atoms with E-state index in [0.29, 0.717) is 0 Å². The third kappa shape index (κ3) is 6.66. The fraction of sp³-hybridized carbons (Fsp3) is 0. The summed E-state index contributed by atoms with van der Waals surface area (Å²) in [5, 5.41) is 11.7. The van der Waals surface area contributed by atoms with Gasteiger partial charge in [0, 0.05) is 32.7 Å². The molecular weight excluding hydrogens is 837 g/mol. The maximum absolute atomic E-state index is 6.34. The van der Waals surface area contributed by atoms with Crippen molar-refractivity contribution in [2.24, 2.45) is 0 Å². The lowest BCUT2D eigenvalue weighted by Gasteiger charge is -2.14.